The van der Waals surface area contributed by atoms with Crippen LogP contribution in [-0.4, -0.2) is 20.3 Å². The number of nitrogens with zero attached hydrogens (tertiary/aromatic N) is 2. The summed E-state index contributed by atoms with van der Waals surface area (Å²) < 4.78 is 16.4. The molecule has 7 nitrogen and oxygen atoms in total. The monoisotopic (exact) mass is 368 g/mol. The maximum absolute atomic E-state index is 12.5. The van der Waals surface area contributed by atoms with Crippen LogP contribution in [0.4, 0.5) is 10.5 Å². The zero-order valence-corrected chi connectivity index (χ0v) is 15.5. The molecule has 0 radical (unpaired) electrons. The molecule has 0 spiro atoms. The van der Waals surface area contributed by atoms with Crippen molar-refractivity contribution in [2.75, 3.05) is 5.32 Å². The molecule has 1 atom stereocenters. The van der Waals surface area contributed by atoms with Gasteiger partial charge in [-0.2, -0.15) is 0 Å². The van der Waals surface area contributed by atoms with Crippen LogP contribution in [-0.2, 0) is 15.5 Å². The van der Waals surface area contributed by atoms with Crippen LogP contribution in [0, 0.1) is 13.8 Å². The molecule has 0 saturated carbocycles. The molecule has 2 amide bonds. The summed E-state index contributed by atoms with van der Waals surface area (Å²) >= 11 is 1.07. The number of nitrogens with one attached hydrogen (secondary N) is 1. The summed E-state index contributed by atoms with van der Waals surface area (Å²) in [6.45, 7) is 6.82. The van der Waals surface area contributed by atoms with Crippen molar-refractivity contribution in [3.63, 3.8) is 0 Å². The highest BCUT2D eigenvalue weighted by molar-refractivity contribution is 7.93. The molecule has 4 N–H and O–H groups in total. The summed E-state index contributed by atoms with van der Waals surface area (Å²) in [6, 6.07) is 5.69. The fourth-order valence-electron chi connectivity index (χ4n) is 2.03. The van der Waals surface area contributed by atoms with Gasteiger partial charge in [-0.05, 0) is 52.0 Å². The highest BCUT2D eigenvalue weighted by atomic mass is 32.2. The number of pyridine rings is 1. The first-order valence-electron chi connectivity index (χ1n) is 7.11. The number of aryl methyl sites for hydroxylation is 2. The molecule has 2 heterocycles. The van der Waals surface area contributed by atoms with Crippen LogP contribution < -0.4 is 10.5 Å². The van der Waals surface area contributed by atoms with Gasteiger partial charge in [0.05, 0.1) is 5.60 Å². The molecule has 0 aliphatic heterocycles. The van der Waals surface area contributed by atoms with E-state index in [1.165, 1.54) is 6.07 Å². The maximum Gasteiger partial charge on any atom is 0.354 e. The third-order valence-corrected chi connectivity index (χ3v) is 6.33. The fraction of sp³-hybridized carbons (Fsp3) is 0.333. The van der Waals surface area contributed by atoms with E-state index in [0.29, 0.717) is 10.6 Å². The van der Waals surface area contributed by atoms with E-state index in [2.05, 4.69) is 14.7 Å². The second-order valence-electron chi connectivity index (χ2n) is 5.91. The van der Waals surface area contributed by atoms with Crippen LogP contribution in [0.3, 0.4) is 0 Å². The molecule has 2 aromatic heterocycles. The first-order valence-corrected chi connectivity index (χ1v) is 9.51. The molecule has 130 valence electrons. The molecule has 1 unspecified atom stereocenters. The minimum absolute atomic E-state index is 0.233. The third-order valence-electron chi connectivity index (χ3n) is 3.02. The number of aromatic nitrogens is 1. The number of aliphatic hydroxyl groups is 1. The summed E-state index contributed by atoms with van der Waals surface area (Å²) in [5.41, 5.74) is 0.915. The average Bonchev–Trinajstić information content (AvgIpc) is 2.85. The van der Waals surface area contributed by atoms with Crippen molar-refractivity contribution in [3.05, 3.63) is 40.5 Å². The summed E-state index contributed by atoms with van der Waals surface area (Å²) in [6.07, 6.45) is 0. The minimum Gasteiger partial charge on any atom is -0.385 e. The first-order chi connectivity index (χ1) is 11.0. The van der Waals surface area contributed by atoms with Gasteiger partial charge in [-0.1, -0.05) is 0 Å². The Morgan fingerprint density at radius 1 is 1.33 bits per heavy atom. The Morgan fingerprint density at radius 2 is 1.92 bits per heavy atom. The molecular formula is C15H20N4O3S2. The van der Waals surface area contributed by atoms with E-state index in [4.69, 9.17) is 5.14 Å². The van der Waals surface area contributed by atoms with E-state index in [1.54, 1.807) is 45.9 Å². The molecule has 0 aliphatic carbocycles. The molecule has 0 fully saturated rings. The van der Waals surface area contributed by atoms with Gasteiger partial charge in [0.2, 0.25) is 0 Å². The van der Waals surface area contributed by atoms with Crippen LogP contribution >= 0.6 is 11.3 Å². The Morgan fingerprint density at radius 3 is 2.42 bits per heavy atom. The van der Waals surface area contributed by atoms with Crippen molar-refractivity contribution in [2.45, 2.75) is 37.5 Å². The second kappa shape index (κ2) is 6.60. The molecule has 0 saturated heterocycles. The smallest absolute Gasteiger partial charge is 0.354 e. The van der Waals surface area contributed by atoms with Gasteiger partial charge >= 0.3 is 6.03 Å². The van der Waals surface area contributed by atoms with Crippen molar-refractivity contribution in [2.24, 2.45) is 9.50 Å². The second-order valence-corrected chi connectivity index (χ2v) is 9.01. The Labute approximate surface area is 145 Å². The maximum atomic E-state index is 12.5. The highest BCUT2D eigenvalue weighted by Gasteiger charge is 2.21. The van der Waals surface area contributed by atoms with Crippen LogP contribution in [0.15, 0.2) is 32.8 Å². The van der Waals surface area contributed by atoms with Crippen LogP contribution in [0.1, 0.15) is 30.1 Å². The van der Waals surface area contributed by atoms with Gasteiger partial charge in [0, 0.05) is 22.0 Å². The van der Waals surface area contributed by atoms with Gasteiger partial charge in [-0.3, -0.25) is 4.98 Å². The van der Waals surface area contributed by atoms with Gasteiger partial charge in [-0.25, -0.2) is 14.1 Å². The average molecular weight is 368 g/mol. The number of amides is 2. The van der Waals surface area contributed by atoms with Crippen molar-refractivity contribution < 1.29 is 14.1 Å². The predicted octanol–water partition coefficient (Wildman–Crippen LogP) is 2.92. The number of rotatable bonds is 3. The van der Waals surface area contributed by atoms with Gasteiger partial charge in [0.15, 0.2) is 9.92 Å². The summed E-state index contributed by atoms with van der Waals surface area (Å²) in [4.78, 5) is 16.8. The lowest BCUT2D eigenvalue weighted by atomic mass is 10.1. The van der Waals surface area contributed by atoms with Gasteiger partial charge in [0.25, 0.3) is 0 Å². The normalized spacial score (nSPS) is 14.1. The lowest BCUT2D eigenvalue weighted by Crippen LogP contribution is -2.17. The topological polar surface area (TPSA) is 118 Å². The van der Waals surface area contributed by atoms with Crippen molar-refractivity contribution in [3.8, 4) is 0 Å². The molecule has 0 aliphatic rings. The van der Waals surface area contributed by atoms with E-state index >= 15 is 0 Å². The molecule has 0 aromatic carbocycles. The van der Waals surface area contributed by atoms with Crippen LogP contribution in [0.2, 0.25) is 0 Å². The number of hydrogen-bond acceptors (Lipinski definition) is 5. The zero-order valence-electron chi connectivity index (χ0n) is 13.9. The predicted molar refractivity (Wildman–Crippen MR) is 95.3 cm³/mol. The molecule has 2 rings (SSSR count). The number of thiophene rings is 1. The Bertz CT molecular complexity index is 870. The zero-order chi connectivity index (χ0) is 18.1. The van der Waals surface area contributed by atoms with E-state index in [-0.39, 0.29) is 4.21 Å². The van der Waals surface area contributed by atoms with Crippen molar-refractivity contribution in [1.82, 2.24) is 4.98 Å². The van der Waals surface area contributed by atoms with Gasteiger partial charge in [-0.15, -0.1) is 15.7 Å². The first kappa shape index (κ1) is 18.5. The fourth-order valence-corrected chi connectivity index (χ4v) is 4.27. The van der Waals surface area contributed by atoms with Crippen LogP contribution in [0.5, 0.6) is 0 Å². The number of hydrogen-bond donors (Lipinski definition) is 3. The number of nitrogens with two attached hydrogens (primary N) is 1. The summed E-state index contributed by atoms with van der Waals surface area (Å²) in [7, 11) is -3.38. The number of carbonyl (C=O) groups excluding carboxylic acids is 1. The lowest BCUT2D eigenvalue weighted by Gasteiger charge is -2.13. The molecule has 9 heteroatoms. The Hall–Kier alpha value is -1.81. The SMILES string of the molecule is Cc1cc(NC(=O)N=S(N)(=O)c2ccc(C(C)(C)O)s2)cc(C)n1. The number of urea groups is 1. The Balaban J connectivity index is 2.26. The molecule has 24 heavy (non-hydrogen) atoms. The largest absolute Gasteiger partial charge is 0.385 e. The lowest BCUT2D eigenvalue weighted by molar-refractivity contribution is 0.0825. The summed E-state index contributed by atoms with van der Waals surface area (Å²) in [5.74, 6) is 0. The quantitative estimate of drug-likeness (QED) is 0.772. The third kappa shape index (κ3) is 4.60. The number of anilines is 1. The van der Waals surface area contributed by atoms with Gasteiger partial charge < -0.3 is 10.4 Å². The molecule has 2 aromatic rings. The van der Waals surface area contributed by atoms with E-state index < -0.39 is 21.5 Å². The van der Waals surface area contributed by atoms with Crippen molar-refractivity contribution in [1.29, 1.82) is 0 Å². The summed E-state index contributed by atoms with van der Waals surface area (Å²) in [5, 5.41) is 18.2. The Kier molecular flexibility index (Phi) is 5.09. The van der Waals surface area contributed by atoms with E-state index in [1.807, 2.05) is 0 Å². The molecule has 0 bridgehead atoms. The van der Waals surface area contributed by atoms with E-state index in [9.17, 15) is 14.1 Å². The van der Waals surface area contributed by atoms with Gasteiger partial charge in [0.1, 0.15) is 4.21 Å². The molecular weight excluding hydrogens is 348 g/mol. The standard InChI is InChI=1S/C15H20N4O3S2/c1-9-7-11(8-10(2)17-9)18-14(20)19-24(16,22)13-6-5-12(23-13)15(3,4)21/h5-8,21H,1-4H3,(H3,16,17,18,19,20,22). The minimum atomic E-state index is -3.38. The van der Waals surface area contributed by atoms with Crippen LogP contribution in [0.25, 0.3) is 0 Å². The van der Waals surface area contributed by atoms with Crippen molar-refractivity contribution >= 4 is 33.0 Å². The number of carbonyl (C=O) groups is 1. The van der Waals surface area contributed by atoms with E-state index in [0.717, 1.165) is 22.7 Å². The highest BCUT2D eigenvalue weighted by Crippen LogP contribution is 2.30.